The summed E-state index contributed by atoms with van der Waals surface area (Å²) in [5, 5.41) is 8.29. The molecule has 0 saturated carbocycles. The van der Waals surface area contributed by atoms with Gasteiger partial charge in [-0.1, -0.05) is 0 Å². The van der Waals surface area contributed by atoms with E-state index in [1.165, 1.54) is 0 Å². The molecule has 0 amide bonds. The monoisotopic (exact) mass is 241 g/mol. The lowest BCUT2D eigenvalue weighted by atomic mass is 10.3. The lowest BCUT2D eigenvalue weighted by Gasteiger charge is -2.24. The van der Waals surface area contributed by atoms with E-state index in [-0.39, 0.29) is 0 Å². The van der Waals surface area contributed by atoms with E-state index in [4.69, 9.17) is 10.8 Å². The van der Waals surface area contributed by atoms with E-state index in [1.54, 1.807) is 0 Å². The molecule has 0 aliphatic rings. The van der Waals surface area contributed by atoms with Gasteiger partial charge in [0, 0.05) is 0 Å². The van der Waals surface area contributed by atoms with Gasteiger partial charge in [0.25, 0.3) is 0 Å². The minimum absolute atomic E-state index is 0.761. The Morgan fingerprint density at radius 1 is 1.07 bits per heavy atom. The highest BCUT2D eigenvalue weighted by molar-refractivity contribution is 4.76. The number of aliphatic hydroxyl groups is 1. The van der Waals surface area contributed by atoms with Crippen LogP contribution in [0.4, 0.5) is 26.3 Å². The van der Waals surface area contributed by atoms with Crippen LogP contribution >= 0.6 is 0 Å². The molecule has 15 heavy (non-hydrogen) atoms. The number of hydrogen-bond acceptors (Lipinski definition) is 3. The molecule has 0 spiro atoms. The second kappa shape index (κ2) is 4.99. The molecule has 0 aliphatic carbocycles. The number of ether oxygens (including phenoxy) is 1. The average Bonchev–Trinajstić information content (AvgIpc) is 1.99. The topological polar surface area (TPSA) is 55.5 Å². The predicted octanol–water partition coefficient (Wildman–Crippen LogP) is 0.816. The first-order valence-electron chi connectivity index (χ1n) is 3.70. The van der Waals surface area contributed by atoms with Crippen LogP contribution in [0.15, 0.2) is 0 Å². The largest absolute Gasteiger partial charge is 0.423 e. The second-order valence-electron chi connectivity index (χ2n) is 2.74. The van der Waals surface area contributed by atoms with Gasteiger partial charge in [0.15, 0.2) is 0 Å². The highest BCUT2D eigenvalue weighted by Gasteiger charge is 2.58. The molecule has 0 aliphatic heterocycles. The van der Waals surface area contributed by atoms with Crippen molar-refractivity contribution in [2.24, 2.45) is 5.73 Å². The van der Waals surface area contributed by atoms with E-state index < -0.39 is 37.7 Å². The van der Waals surface area contributed by atoms with Crippen molar-refractivity contribution in [1.29, 1.82) is 0 Å². The van der Waals surface area contributed by atoms with E-state index in [1.807, 2.05) is 0 Å². The molecule has 9 heteroatoms. The molecule has 1 unspecified atom stereocenters. The molecule has 0 radical (unpaired) electrons. The van der Waals surface area contributed by atoms with Crippen LogP contribution in [0, 0.1) is 0 Å². The van der Waals surface area contributed by atoms with Gasteiger partial charge in [0.1, 0.15) is 0 Å². The fourth-order valence-electron chi connectivity index (χ4n) is 0.647. The van der Waals surface area contributed by atoms with Crippen LogP contribution in [-0.2, 0) is 4.74 Å². The van der Waals surface area contributed by atoms with Crippen LogP contribution in [-0.4, -0.2) is 42.8 Å². The van der Waals surface area contributed by atoms with Gasteiger partial charge in [-0.25, -0.2) is 0 Å². The van der Waals surface area contributed by atoms with E-state index in [2.05, 4.69) is 4.74 Å². The summed E-state index contributed by atoms with van der Waals surface area (Å²) >= 11 is 0. The summed E-state index contributed by atoms with van der Waals surface area (Å²) < 4.78 is 74.5. The maximum Gasteiger partial charge on any atom is 0.423 e. The molecule has 0 aromatic carbocycles. The first-order chi connectivity index (χ1) is 6.59. The minimum atomic E-state index is -5.55. The maximum atomic E-state index is 11.8. The van der Waals surface area contributed by atoms with Gasteiger partial charge in [0.05, 0.1) is 19.3 Å². The zero-order chi connectivity index (χ0) is 12.3. The van der Waals surface area contributed by atoms with Crippen LogP contribution in [0.25, 0.3) is 0 Å². The van der Waals surface area contributed by atoms with Gasteiger partial charge in [-0.3, -0.25) is 0 Å². The van der Waals surface area contributed by atoms with Crippen molar-refractivity contribution in [2.45, 2.75) is 24.5 Å². The Morgan fingerprint density at radius 2 is 1.47 bits per heavy atom. The SMILES string of the molecule is NC(CO)COC(C(F)(F)F)C(F)(F)F. The predicted molar refractivity (Wildman–Crippen MR) is 36.9 cm³/mol. The molecular formula is C6H9F6NO2. The molecule has 3 nitrogen and oxygen atoms in total. The van der Waals surface area contributed by atoms with Gasteiger partial charge < -0.3 is 15.6 Å². The highest BCUT2D eigenvalue weighted by atomic mass is 19.4. The Kier molecular flexibility index (Phi) is 4.81. The van der Waals surface area contributed by atoms with E-state index >= 15 is 0 Å². The number of halogens is 6. The molecule has 1 atom stereocenters. The lowest BCUT2D eigenvalue weighted by molar-refractivity contribution is -0.322. The Labute approximate surface area is 80.8 Å². The maximum absolute atomic E-state index is 11.8. The molecule has 0 saturated heterocycles. The van der Waals surface area contributed by atoms with Gasteiger partial charge in [-0.2, -0.15) is 26.3 Å². The summed E-state index contributed by atoms with van der Waals surface area (Å²) in [5.41, 5.74) is 4.90. The number of alkyl halides is 6. The first-order valence-corrected chi connectivity index (χ1v) is 3.70. The number of hydrogen-bond donors (Lipinski definition) is 2. The smallest absolute Gasteiger partial charge is 0.395 e. The molecule has 0 rings (SSSR count). The van der Waals surface area contributed by atoms with Crippen molar-refractivity contribution in [3.05, 3.63) is 0 Å². The molecule has 0 aromatic rings. The molecule has 0 aromatic heterocycles. The van der Waals surface area contributed by atoms with Crippen LogP contribution in [0.5, 0.6) is 0 Å². The summed E-state index contributed by atoms with van der Waals surface area (Å²) in [6.07, 6.45) is -15.0. The number of rotatable bonds is 4. The normalized spacial score (nSPS) is 15.8. The van der Waals surface area contributed by atoms with E-state index in [9.17, 15) is 26.3 Å². The number of nitrogens with two attached hydrogens (primary N) is 1. The summed E-state index contributed by atoms with van der Waals surface area (Å²) in [6, 6.07) is -1.28. The quantitative estimate of drug-likeness (QED) is 0.716. The van der Waals surface area contributed by atoms with E-state index in [0.29, 0.717) is 0 Å². The Morgan fingerprint density at radius 3 is 1.73 bits per heavy atom. The fraction of sp³-hybridized carbons (Fsp3) is 1.00. The molecule has 0 fully saturated rings. The fourth-order valence-corrected chi connectivity index (χ4v) is 0.647. The zero-order valence-corrected chi connectivity index (χ0v) is 7.27. The summed E-state index contributed by atoms with van der Waals surface area (Å²) in [6.45, 7) is -1.79. The molecule has 0 bridgehead atoms. The lowest BCUT2D eigenvalue weighted by Crippen LogP contribution is -2.46. The van der Waals surface area contributed by atoms with Crippen molar-refractivity contribution < 1.29 is 36.2 Å². The van der Waals surface area contributed by atoms with Crippen LogP contribution < -0.4 is 5.73 Å². The number of aliphatic hydroxyl groups excluding tert-OH is 1. The van der Waals surface area contributed by atoms with Crippen LogP contribution in [0.3, 0.4) is 0 Å². The second-order valence-corrected chi connectivity index (χ2v) is 2.74. The molecule has 92 valence electrons. The van der Waals surface area contributed by atoms with Gasteiger partial charge in [-0.15, -0.1) is 0 Å². The first kappa shape index (κ1) is 14.5. The third kappa shape index (κ3) is 5.19. The van der Waals surface area contributed by atoms with Crippen molar-refractivity contribution in [3.63, 3.8) is 0 Å². The highest BCUT2D eigenvalue weighted by Crippen LogP contribution is 2.35. The van der Waals surface area contributed by atoms with Crippen molar-refractivity contribution in [2.75, 3.05) is 13.2 Å². The standard InChI is InChI=1S/C6H9F6NO2/c7-5(8,9)4(6(10,11)12)15-2-3(13)1-14/h3-4,14H,1-2,13H2. The molecule has 3 N–H and O–H groups in total. The third-order valence-electron chi connectivity index (χ3n) is 1.31. The summed E-state index contributed by atoms with van der Waals surface area (Å²) in [4.78, 5) is 0. The zero-order valence-electron chi connectivity index (χ0n) is 7.27. The van der Waals surface area contributed by atoms with E-state index in [0.717, 1.165) is 0 Å². The third-order valence-corrected chi connectivity index (χ3v) is 1.31. The van der Waals surface area contributed by atoms with Crippen molar-refractivity contribution in [3.8, 4) is 0 Å². The average molecular weight is 241 g/mol. The summed E-state index contributed by atoms with van der Waals surface area (Å²) in [7, 11) is 0. The summed E-state index contributed by atoms with van der Waals surface area (Å²) in [5.74, 6) is 0. The van der Waals surface area contributed by atoms with Crippen molar-refractivity contribution >= 4 is 0 Å². The molecule has 0 heterocycles. The van der Waals surface area contributed by atoms with Gasteiger partial charge in [0.2, 0.25) is 6.10 Å². The van der Waals surface area contributed by atoms with Gasteiger partial charge in [-0.05, 0) is 0 Å². The van der Waals surface area contributed by atoms with Gasteiger partial charge >= 0.3 is 12.4 Å². The minimum Gasteiger partial charge on any atom is -0.395 e. The van der Waals surface area contributed by atoms with Crippen LogP contribution in [0.2, 0.25) is 0 Å². The Bertz CT molecular complexity index is 177. The van der Waals surface area contributed by atoms with Crippen LogP contribution in [0.1, 0.15) is 0 Å². The molecular weight excluding hydrogens is 232 g/mol. The van der Waals surface area contributed by atoms with Crippen molar-refractivity contribution in [1.82, 2.24) is 0 Å². The Hall–Kier alpha value is -0.540. The Balaban J connectivity index is 4.42.